The summed E-state index contributed by atoms with van der Waals surface area (Å²) >= 11 is 0. The number of aromatic hydroxyl groups is 1. The number of nitrogens with zero attached hydrogens (tertiary/aromatic N) is 3. The molecule has 0 aliphatic heterocycles. The van der Waals surface area contributed by atoms with Crippen LogP contribution >= 0.6 is 0 Å². The molecule has 0 radical (unpaired) electrons. The Morgan fingerprint density at radius 1 is 0.594 bits per heavy atom. The molecule has 0 aliphatic rings. The van der Waals surface area contributed by atoms with Gasteiger partial charge in [-0.25, -0.2) is 4.98 Å². The summed E-state index contributed by atoms with van der Waals surface area (Å²) in [6.45, 7) is 19.8. The van der Waals surface area contributed by atoms with Crippen molar-refractivity contribution in [2.75, 3.05) is 0 Å². The maximum absolute atomic E-state index is 12.4. The second-order valence-corrected chi connectivity index (χ2v) is 19.8. The quantitative estimate of drug-likeness (QED) is 0.162. The van der Waals surface area contributed by atoms with E-state index in [9.17, 15) is 5.11 Å². The molecule has 2 aromatic heterocycles. The van der Waals surface area contributed by atoms with Gasteiger partial charge in [-0.2, -0.15) is 0 Å². The number of pyridine rings is 1. The Bertz CT molecular complexity index is 3240. The summed E-state index contributed by atoms with van der Waals surface area (Å²) in [6, 6.07) is 54.8. The predicted molar refractivity (Wildman–Crippen MR) is 264 cm³/mol. The molecule has 0 bridgehead atoms. The first kappa shape index (κ1) is 41.9. The first-order valence-corrected chi connectivity index (χ1v) is 21.9. The van der Waals surface area contributed by atoms with Crippen LogP contribution in [0, 0.1) is 6.07 Å². The number of rotatable bonds is 7. The van der Waals surface area contributed by atoms with E-state index in [1.807, 2.05) is 66.9 Å². The van der Waals surface area contributed by atoms with Crippen LogP contribution in [0.3, 0.4) is 0 Å². The van der Waals surface area contributed by atoms with E-state index >= 15 is 0 Å². The zero-order valence-corrected chi connectivity index (χ0v) is 40.4. The second-order valence-electron chi connectivity index (χ2n) is 19.8. The Morgan fingerprint density at radius 2 is 1.23 bits per heavy atom. The molecule has 0 saturated heterocycles. The molecule has 1 N–H and O–H groups in total. The van der Waals surface area contributed by atoms with Crippen molar-refractivity contribution in [2.45, 2.75) is 84.9 Å². The summed E-state index contributed by atoms with van der Waals surface area (Å²) in [5.74, 6) is 0.908. The molecule has 0 spiro atoms. The zero-order chi connectivity index (χ0) is 46.1. The van der Waals surface area contributed by atoms with Gasteiger partial charge in [0.25, 0.3) is 0 Å². The average Bonchev–Trinajstić information content (AvgIpc) is 3.67. The van der Waals surface area contributed by atoms with Crippen molar-refractivity contribution in [2.24, 2.45) is 0 Å². The maximum Gasteiger partial charge on any atom is 0.148 e. The smallest absolute Gasteiger partial charge is 0.148 e. The van der Waals surface area contributed by atoms with Crippen LogP contribution in [0.25, 0.3) is 72.4 Å². The van der Waals surface area contributed by atoms with Crippen LogP contribution in [-0.4, -0.2) is 19.6 Å². The summed E-state index contributed by atoms with van der Waals surface area (Å²) < 4.78 is 20.0. The number of fused-ring (bicyclic) bond motifs is 2. The third kappa shape index (κ3) is 8.74. The van der Waals surface area contributed by atoms with Gasteiger partial charge in [0, 0.05) is 46.6 Å². The van der Waals surface area contributed by atoms with Crippen molar-refractivity contribution in [3.63, 3.8) is 0 Å². The standard InChI is InChI=1S/C59H56N3O.Pt/c1-57(2,3)45-33-43(32-44(34-45)51-35-42(29-30-60-51)40-27-25-39(26-28-40)31-38-17-11-10-12-18-38)48-22-16-24-53-54(48)61-56(62(53)52-23-15-20-41-19-13-14-21-47(41)52)49-36-46(58(4,5)6)37-50(55(49)63)59(7,8)9;/h10-30,33-37,63H,31H2,1-9H3;/q-1;/i31D2;. The van der Waals surface area contributed by atoms with Crippen LogP contribution in [0.1, 0.15) is 92.9 Å². The van der Waals surface area contributed by atoms with Gasteiger partial charge in [0.15, 0.2) is 0 Å². The van der Waals surface area contributed by atoms with Gasteiger partial charge in [0.1, 0.15) is 11.6 Å². The van der Waals surface area contributed by atoms with Crippen LogP contribution in [0.4, 0.5) is 0 Å². The Kier molecular flexibility index (Phi) is 11.2. The fourth-order valence-electron chi connectivity index (χ4n) is 8.43. The summed E-state index contributed by atoms with van der Waals surface area (Å²) in [4.78, 5) is 10.5. The normalized spacial score (nSPS) is 12.8. The van der Waals surface area contributed by atoms with Crippen LogP contribution in [-0.2, 0) is 43.7 Å². The van der Waals surface area contributed by atoms with Gasteiger partial charge in [-0.3, -0.25) is 9.55 Å². The third-order valence-corrected chi connectivity index (χ3v) is 12.1. The molecule has 0 amide bonds. The van der Waals surface area contributed by atoms with Crippen molar-refractivity contribution < 1.29 is 28.9 Å². The number of hydrogen-bond donors (Lipinski definition) is 1. The Morgan fingerprint density at radius 3 is 1.95 bits per heavy atom. The second kappa shape index (κ2) is 17.1. The number of imidazole rings is 1. The van der Waals surface area contributed by atoms with Crippen LogP contribution in [0.15, 0.2) is 158 Å². The van der Waals surface area contributed by atoms with Gasteiger partial charge in [0.05, 0.1) is 22.3 Å². The molecular weight excluding hydrogens is 962 g/mol. The largest absolute Gasteiger partial charge is 0.507 e. The molecule has 5 heteroatoms. The topological polar surface area (TPSA) is 50.9 Å². The van der Waals surface area contributed by atoms with E-state index in [2.05, 4.69) is 164 Å². The molecule has 2 heterocycles. The maximum atomic E-state index is 12.4. The van der Waals surface area contributed by atoms with E-state index in [0.717, 1.165) is 77.7 Å². The fraction of sp³-hybridized carbons (Fsp3) is 0.220. The van der Waals surface area contributed by atoms with Crippen molar-refractivity contribution >= 4 is 21.8 Å². The summed E-state index contributed by atoms with van der Waals surface area (Å²) in [6.07, 6.45) is 0.213. The van der Waals surface area contributed by atoms with E-state index < -0.39 is 6.37 Å². The van der Waals surface area contributed by atoms with Gasteiger partial charge >= 0.3 is 0 Å². The molecule has 324 valence electrons. The summed E-state index contributed by atoms with van der Waals surface area (Å²) in [7, 11) is 0. The number of aromatic nitrogens is 3. The predicted octanol–water partition coefficient (Wildman–Crippen LogP) is 15.2. The fourth-order valence-corrected chi connectivity index (χ4v) is 8.43. The SMILES string of the molecule is [2H]C([2H])(c1ccccc1)c1ccc(-c2ccnc(-c3[c-]c(-c4cccc5c4nc(-c4cc(C(C)(C)C)cc(C(C)(C)C)c4O)n5-c4cccc5ccccc45)cc(C(C)(C)C)c3)c2)cc1.[Pt]. The van der Waals surface area contributed by atoms with Crippen LogP contribution in [0.2, 0.25) is 0 Å². The van der Waals surface area contributed by atoms with Gasteiger partial charge in [-0.15, -0.1) is 29.3 Å². The summed E-state index contributed by atoms with van der Waals surface area (Å²) in [5, 5.41) is 14.6. The monoisotopic (exact) mass is 1020 g/mol. The Hall–Kier alpha value is -6.09. The third-order valence-electron chi connectivity index (χ3n) is 12.1. The molecule has 9 rings (SSSR count). The molecule has 0 unspecified atom stereocenters. The van der Waals surface area contributed by atoms with E-state index in [1.165, 1.54) is 0 Å². The van der Waals surface area contributed by atoms with Crippen molar-refractivity contribution in [1.82, 2.24) is 14.5 Å². The minimum atomic E-state index is -1.62. The molecule has 64 heavy (non-hydrogen) atoms. The van der Waals surface area contributed by atoms with Crippen LogP contribution in [0.5, 0.6) is 5.75 Å². The molecule has 0 saturated carbocycles. The van der Waals surface area contributed by atoms with Gasteiger partial charge in [-0.05, 0) is 80.1 Å². The van der Waals surface area contributed by atoms with Gasteiger partial charge in [0.2, 0.25) is 0 Å². The molecule has 0 atom stereocenters. The first-order chi connectivity index (χ1) is 30.8. The number of phenolic OH excluding ortho intramolecular Hbond substituents is 1. The van der Waals surface area contributed by atoms with Crippen molar-refractivity contribution in [3.05, 3.63) is 192 Å². The number of hydrogen-bond acceptors (Lipinski definition) is 3. The molecule has 0 fully saturated rings. The van der Waals surface area contributed by atoms with E-state index in [1.54, 1.807) is 0 Å². The van der Waals surface area contributed by atoms with Gasteiger partial charge in [-0.1, -0.05) is 189 Å². The molecule has 0 aliphatic carbocycles. The molecule has 4 nitrogen and oxygen atoms in total. The van der Waals surface area contributed by atoms with Crippen molar-refractivity contribution in [3.8, 4) is 56.3 Å². The average molecular weight is 1020 g/mol. The van der Waals surface area contributed by atoms with E-state index in [4.69, 9.17) is 12.7 Å². The molecule has 9 aromatic rings. The van der Waals surface area contributed by atoms with Crippen molar-refractivity contribution in [1.29, 1.82) is 0 Å². The Balaban J connectivity index is 0.00000592. The number of phenols is 1. The van der Waals surface area contributed by atoms with Gasteiger partial charge < -0.3 is 5.11 Å². The Labute approximate surface area is 396 Å². The van der Waals surface area contributed by atoms with Crippen LogP contribution < -0.4 is 0 Å². The number of para-hydroxylation sites is 1. The van der Waals surface area contributed by atoms with E-state index in [-0.39, 0.29) is 43.1 Å². The zero-order valence-electron chi connectivity index (χ0n) is 40.1. The van der Waals surface area contributed by atoms with E-state index in [0.29, 0.717) is 22.5 Å². The summed E-state index contributed by atoms with van der Waals surface area (Å²) in [5.41, 5.74) is 12.5. The molecule has 7 aromatic carbocycles. The molecular formula is C59H56N3OPt-. The minimum absolute atomic E-state index is 0. The number of benzene rings is 7. The minimum Gasteiger partial charge on any atom is -0.507 e. The first-order valence-electron chi connectivity index (χ1n) is 22.9.